The van der Waals surface area contributed by atoms with Gasteiger partial charge >= 0.3 is 0 Å². The van der Waals surface area contributed by atoms with Crippen molar-refractivity contribution >= 4 is 11.8 Å². The molecule has 7 heteroatoms. The molecule has 0 unspecified atom stereocenters. The van der Waals surface area contributed by atoms with Crippen molar-refractivity contribution in [1.29, 1.82) is 0 Å². The van der Waals surface area contributed by atoms with E-state index in [-0.39, 0.29) is 18.9 Å². The average molecular weight is 420 g/mol. The Labute approximate surface area is 180 Å². The third kappa shape index (κ3) is 6.24. The SMILES string of the molecule is COc1ccc(CC(=O)NNC(=O)COc2ccc(-c3ccccc3)cc2)cc1OC. The Balaban J connectivity index is 1.43. The van der Waals surface area contributed by atoms with Crippen LogP contribution in [0.2, 0.25) is 0 Å². The van der Waals surface area contributed by atoms with Crippen molar-refractivity contribution in [2.24, 2.45) is 0 Å². The van der Waals surface area contributed by atoms with Gasteiger partial charge < -0.3 is 14.2 Å². The van der Waals surface area contributed by atoms with Gasteiger partial charge in [0.05, 0.1) is 20.6 Å². The Hall–Kier alpha value is -4.00. The number of carbonyl (C=O) groups is 2. The molecule has 2 N–H and O–H groups in total. The maximum atomic E-state index is 12.1. The van der Waals surface area contributed by atoms with Crippen LogP contribution in [0, 0.1) is 0 Å². The van der Waals surface area contributed by atoms with Crippen LogP contribution in [-0.4, -0.2) is 32.6 Å². The lowest BCUT2D eigenvalue weighted by molar-refractivity contribution is -0.129. The first-order chi connectivity index (χ1) is 15.1. The number of hydrazine groups is 1. The fourth-order valence-corrected chi connectivity index (χ4v) is 2.92. The summed E-state index contributed by atoms with van der Waals surface area (Å²) >= 11 is 0. The van der Waals surface area contributed by atoms with Crippen molar-refractivity contribution < 1.29 is 23.8 Å². The summed E-state index contributed by atoms with van der Waals surface area (Å²) in [5.74, 6) is 0.837. The predicted molar refractivity (Wildman–Crippen MR) is 117 cm³/mol. The molecule has 0 heterocycles. The second-order valence-electron chi connectivity index (χ2n) is 6.64. The van der Waals surface area contributed by atoms with Gasteiger partial charge in [-0.3, -0.25) is 20.4 Å². The van der Waals surface area contributed by atoms with Crippen molar-refractivity contribution in [2.45, 2.75) is 6.42 Å². The van der Waals surface area contributed by atoms with E-state index >= 15 is 0 Å². The number of hydrogen-bond acceptors (Lipinski definition) is 5. The zero-order valence-electron chi connectivity index (χ0n) is 17.4. The van der Waals surface area contributed by atoms with Crippen LogP contribution >= 0.6 is 0 Å². The molecule has 0 bridgehead atoms. The molecule has 160 valence electrons. The number of amides is 2. The summed E-state index contributed by atoms with van der Waals surface area (Å²) in [5.41, 5.74) is 7.59. The van der Waals surface area contributed by atoms with E-state index in [1.807, 2.05) is 42.5 Å². The Morgan fingerprint density at radius 2 is 1.39 bits per heavy atom. The summed E-state index contributed by atoms with van der Waals surface area (Å²) < 4.78 is 15.9. The Morgan fingerprint density at radius 3 is 2.06 bits per heavy atom. The molecule has 0 saturated carbocycles. The van der Waals surface area contributed by atoms with Crippen LogP contribution in [-0.2, 0) is 16.0 Å². The molecule has 0 aliphatic heterocycles. The fraction of sp³-hybridized carbons (Fsp3) is 0.167. The van der Waals surface area contributed by atoms with E-state index in [0.29, 0.717) is 17.2 Å². The summed E-state index contributed by atoms with van der Waals surface area (Å²) in [6.07, 6.45) is 0.0719. The highest BCUT2D eigenvalue weighted by molar-refractivity contribution is 5.84. The van der Waals surface area contributed by atoms with E-state index in [9.17, 15) is 9.59 Å². The lowest BCUT2D eigenvalue weighted by Gasteiger charge is -2.11. The molecular formula is C24H24N2O5. The fourth-order valence-electron chi connectivity index (χ4n) is 2.92. The van der Waals surface area contributed by atoms with Gasteiger partial charge in [0.2, 0.25) is 5.91 Å². The predicted octanol–water partition coefficient (Wildman–Crippen LogP) is 3.14. The zero-order chi connectivity index (χ0) is 22.1. The summed E-state index contributed by atoms with van der Waals surface area (Å²) in [7, 11) is 3.07. The summed E-state index contributed by atoms with van der Waals surface area (Å²) in [6, 6.07) is 22.6. The normalized spacial score (nSPS) is 10.1. The second kappa shape index (κ2) is 10.7. The summed E-state index contributed by atoms with van der Waals surface area (Å²) in [6.45, 7) is -0.221. The number of methoxy groups -OCH3 is 2. The number of rotatable bonds is 8. The van der Waals surface area contributed by atoms with Gasteiger partial charge in [-0.05, 0) is 41.0 Å². The quantitative estimate of drug-likeness (QED) is 0.547. The average Bonchev–Trinajstić information content (AvgIpc) is 2.82. The molecule has 31 heavy (non-hydrogen) atoms. The van der Waals surface area contributed by atoms with Crippen molar-refractivity contribution in [2.75, 3.05) is 20.8 Å². The van der Waals surface area contributed by atoms with Crippen LogP contribution in [0.5, 0.6) is 17.2 Å². The summed E-state index contributed by atoms with van der Waals surface area (Å²) in [4.78, 5) is 24.0. The van der Waals surface area contributed by atoms with Crippen molar-refractivity contribution in [3.05, 3.63) is 78.4 Å². The van der Waals surface area contributed by atoms with E-state index in [2.05, 4.69) is 10.9 Å². The standard InChI is InChI=1S/C24H24N2O5/c1-29-21-13-8-17(14-22(21)30-2)15-23(27)25-26-24(28)16-31-20-11-9-19(10-12-20)18-6-4-3-5-7-18/h3-14H,15-16H2,1-2H3,(H,25,27)(H,26,28). The monoisotopic (exact) mass is 420 g/mol. The molecule has 0 atom stereocenters. The summed E-state index contributed by atoms with van der Waals surface area (Å²) in [5, 5.41) is 0. The first-order valence-corrected chi connectivity index (χ1v) is 9.66. The maximum Gasteiger partial charge on any atom is 0.276 e. The van der Waals surface area contributed by atoms with Crippen LogP contribution in [0.3, 0.4) is 0 Å². The third-order valence-electron chi connectivity index (χ3n) is 4.49. The Bertz CT molecular complexity index is 1020. The van der Waals surface area contributed by atoms with E-state index in [0.717, 1.165) is 16.7 Å². The molecule has 3 aromatic rings. The lowest BCUT2D eigenvalue weighted by Crippen LogP contribution is -2.44. The molecule has 0 saturated heterocycles. The minimum atomic E-state index is -0.465. The van der Waals surface area contributed by atoms with Crippen molar-refractivity contribution in [1.82, 2.24) is 10.9 Å². The van der Waals surface area contributed by atoms with E-state index < -0.39 is 5.91 Å². The van der Waals surface area contributed by atoms with Gasteiger partial charge in [-0.15, -0.1) is 0 Å². The maximum absolute atomic E-state index is 12.1. The molecule has 7 nitrogen and oxygen atoms in total. The first kappa shape index (κ1) is 21.7. The van der Waals surface area contributed by atoms with Crippen LogP contribution in [0.25, 0.3) is 11.1 Å². The van der Waals surface area contributed by atoms with Gasteiger partial charge in [0.25, 0.3) is 5.91 Å². The molecule has 3 aromatic carbocycles. The topological polar surface area (TPSA) is 85.9 Å². The van der Waals surface area contributed by atoms with E-state index in [1.165, 1.54) is 7.11 Å². The Kier molecular flexibility index (Phi) is 7.48. The molecule has 0 aliphatic rings. The highest BCUT2D eigenvalue weighted by Gasteiger charge is 2.10. The Morgan fingerprint density at radius 1 is 0.742 bits per heavy atom. The largest absolute Gasteiger partial charge is 0.493 e. The number of hydrogen-bond donors (Lipinski definition) is 2. The van der Waals surface area contributed by atoms with Crippen molar-refractivity contribution in [3.8, 4) is 28.4 Å². The molecule has 0 aromatic heterocycles. The van der Waals surface area contributed by atoms with Gasteiger partial charge in [0, 0.05) is 0 Å². The zero-order valence-corrected chi connectivity index (χ0v) is 17.4. The molecule has 2 amide bonds. The van der Waals surface area contributed by atoms with Crippen LogP contribution in [0.1, 0.15) is 5.56 Å². The van der Waals surface area contributed by atoms with Crippen LogP contribution in [0.15, 0.2) is 72.8 Å². The van der Waals surface area contributed by atoms with Crippen LogP contribution < -0.4 is 25.1 Å². The van der Waals surface area contributed by atoms with Gasteiger partial charge in [-0.2, -0.15) is 0 Å². The lowest BCUT2D eigenvalue weighted by atomic mass is 10.1. The van der Waals surface area contributed by atoms with E-state index in [1.54, 1.807) is 37.4 Å². The first-order valence-electron chi connectivity index (χ1n) is 9.66. The number of benzene rings is 3. The van der Waals surface area contributed by atoms with Gasteiger partial charge in [0.15, 0.2) is 18.1 Å². The highest BCUT2D eigenvalue weighted by Crippen LogP contribution is 2.27. The van der Waals surface area contributed by atoms with E-state index in [4.69, 9.17) is 14.2 Å². The van der Waals surface area contributed by atoms with Gasteiger partial charge in [-0.25, -0.2) is 0 Å². The third-order valence-corrected chi connectivity index (χ3v) is 4.49. The second-order valence-corrected chi connectivity index (χ2v) is 6.64. The molecule has 0 spiro atoms. The molecule has 0 fully saturated rings. The van der Waals surface area contributed by atoms with Gasteiger partial charge in [-0.1, -0.05) is 48.5 Å². The molecule has 0 radical (unpaired) electrons. The number of nitrogens with one attached hydrogen (secondary N) is 2. The van der Waals surface area contributed by atoms with Crippen LogP contribution in [0.4, 0.5) is 0 Å². The number of ether oxygens (including phenoxy) is 3. The minimum absolute atomic E-state index is 0.0719. The molecule has 0 aliphatic carbocycles. The molecule has 3 rings (SSSR count). The molecular weight excluding hydrogens is 396 g/mol. The smallest absolute Gasteiger partial charge is 0.276 e. The minimum Gasteiger partial charge on any atom is -0.493 e. The number of carbonyl (C=O) groups excluding carboxylic acids is 2. The van der Waals surface area contributed by atoms with Gasteiger partial charge in [0.1, 0.15) is 5.75 Å². The highest BCUT2D eigenvalue weighted by atomic mass is 16.5. The van der Waals surface area contributed by atoms with Crippen molar-refractivity contribution in [3.63, 3.8) is 0 Å².